The van der Waals surface area contributed by atoms with Crippen molar-refractivity contribution in [2.45, 2.75) is 25.9 Å². The molecule has 0 spiro atoms. The summed E-state index contributed by atoms with van der Waals surface area (Å²) in [5.74, 6) is -0.477. The highest BCUT2D eigenvalue weighted by Gasteiger charge is 2.31. The number of amides is 1. The summed E-state index contributed by atoms with van der Waals surface area (Å²) in [6.07, 6.45) is 0.280. The van der Waals surface area contributed by atoms with E-state index in [1.165, 1.54) is 6.92 Å². The van der Waals surface area contributed by atoms with E-state index in [1.807, 2.05) is 0 Å². The van der Waals surface area contributed by atoms with Gasteiger partial charge in [-0.05, 0) is 31.0 Å². The van der Waals surface area contributed by atoms with Crippen molar-refractivity contribution in [3.05, 3.63) is 33.8 Å². The maximum Gasteiger partial charge on any atom is 0.242 e. The Morgan fingerprint density at radius 2 is 2.05 bits per heavy atom. The lowest BCUT2D eigenvalue weighted by Gasteiger charge is -2.26. The molecule has 0 aromatic heterocycles. The summed E-state index contributed by atoms with van der Waals surface area (Å²) in [4.78, 5) is 11.1. The average Bonchev–Trinajstić information content (AvgIpc) is 2.42. The van der Waals surface area contributed by atoms with Crippen molar-refractivity contribution in [1.29, 1.82) is 0 Å². The normalized spacial score (nSPS) is 15.2. The Kier molecular flexibility index (Phi) is 7.36. The molecule has 8 heteroatoms. The molecule has 1 rings (SSSR count). The van der Waals surface area contributed by atoms with Gasteiger partial charge in [-0.2, -0.15) is 0 Å². The summed E-state index contributed by atoms with van der Waals surface area (Å²) in [5, 5.41) is 10.9. The van der Waals surface area contributed by atoms with Crippen molar-refractivity contribution < 1.29 is 19.1 Å². The summed E-state index contributed by atoms with van der Waals surface area (Å²) in [7, 11) is -3.00. The van der Waals surface area contributed by atoms with Gasteiger partial charge >= 0.3 is 0 Å². The third-order valence-corrected chi connectivity index (χ3v) is 6.46. The quantitative estimate of drug-likeness (QED) is 0.434. The van der Waals surface area contributed by atoms with Crippen LogP contribution in [0.5, 0.6) is 0 Å². The highest BCUT2D eigenvalue weighted by atomic mass is 35.5. The molecule has 124 valence electrons. The smallest absolute Gasteiger partial charge is 0.242 e. The van der Waals surface area contributed by atoms with Crippen molar-refractivity contribution in [1.82, 2.24) is 5.06 Å². The van der Waals surface area contributed by atoms with Gasteiger partial charge in [-0.15, -0.1) is 0 Å². The van der Waals surface area contributed by atoms with Crippen LogP contribution in [0.3, 0.4) is 0 Å². The molecule has 0 fully saturated rings. The third-order valence-electron chi connectivity index (χ3n) is 3.26. The molecular weight excluding hydrogens is 348 g/mol. The van der Waals surface area contributed by atoms with E-state index in [2.05, 4.69) is 0 Å². The summed E-state index contributed by atoms with van der Waals surface area (Å²) < 4.78 is 18.2. The standard InChI is InChI=1S/C14H20Cl2NO4P/c1-4-21-22(3,20)14(7-8-17(19)10(2)18)11-5-6-12(15)13(16)9-11/h5-6,9,14,19H,4,7-8H2,1-3H3. The number of rotatable bonds is 7. The van der Waals surface area contributed by atoms with E-state index in [0.29, 0.717) is 27.3 Å². The van der Waals surface area contributed by atoms with Crippen LogP contribution in [0.25, 0.3) is 0 Å². The van der Waals surface area contributed by atoms with Crippen molar-refractivity contribution in [3.63, 3.8) is 0 Å². The summed E-state index contributed by atoms with van der Waals surface area (Å²) >= 11 is 11.9. The maximum atomic E-state index is 12.8. The second-order valence-electron chi connectivity index (χ2n) is 4.95. The van der Waals surface area contributed by atoms with Crippen LogP contribution in [0.15, 0.2) is 18.2 Å². The zero-order valence-corrected chi connectivity index (χ0v) is 15.2. The number of benzene rings is 1. The van der Waals surface area contributed by atoms with Gasteiger partial charge in [-0.25, -0.2) is 5.06 Å². The van der Waals surface area contributed by atoms with Crippen LogP contribution in [-0.2, 0) is 13.9 Å². The monoisotopic (exact) mass is 367 g/mol. The fourth-order valence-corrected chi connectivity index (χ4v) is 4.43. The number of hydrogen-bond acceptors (Lipinski definition) is 4. The lowest BCUT2D eigenvalue weighted by atomic mass is 10.1. The molecule has 2 unspecified atom stereocenters. The summed E-state index contributed by atoms with van der Waals surface area (Å²) in [5.41, 5.74) is 0.210. The van der Waals surface area contributed by atoms with Crippen LogP contribution in [0, 0.1) is 0 Å². The molecular formula is C14H20Cl2NO4P. The minimum absolute atomic E-state index is 0.0468. The molecule has 1 aromatic carbocycles. The first-order valence-electron chi connectivity index (χ1n) is 6.82. The Morgan fingerprint density at radius 3 is 2.55 bits per heavy atom. The third kappa shape index (κ3) is 5.25. The van der Waals surface area contributed by atoms with Crippen molar-refractivity contribution in [3.8, 4) is 0 Å². The van der Waals surface area contributed by atoms with Crippen LogP contribution in [0.4, 0.5) is 0 Å². The summed E-state index contributed by atoms with van der Waals surface area (Å²) in [6.45, 7) is 4.91. The Hall–Kier alpha value is -0.580. The van der Waals surface area contributed by atoms with E-state index in [-0.39, 0.29) is 13.0 Å². The molecule has 0 bridgehead atoms. The fraction of sp³-hybridized carbons (Fsp3) is 0.500. The number of hydroxylamine groups is 2. The van der Waals surface area contributed by atoms with Crippen LogP contribution in [0.2, 0.25) is 10.0 Å². The molecule has 0 aliphatic rings. The van der Waals surface area contributed by atoms with Crippen molar-refractivity contribution in [2.75, 3.05) is 19.8 Å². The minimum atomic E-state index is -3.00. The first kappa shape index (κ1) is 19.5. The number of hydrogen-bond donors (Lipinski definition) is 1. The zero-order valence-electron chi connectivity index (χ0n) is 12.8. The first-order valence-corrected chi connectivity index (χ1v) is 9.72. The van der Waals surface area contributed by atoms with Gasteiger partial charge in [0.05, 0.1) is 22.3 Å². The second-order valence-corrected chi connectivity index (χ2v) is 8.46. The van der Waals surface area contributed by atoms with Crippen LogP contribution in [0.1, 0.15) is 31.5 Å². The number of carbonyl (C=O) groups excluding carboxylic acids is 1. The predicted molar refractivity (Wildman–Crippen MR) is 88.2 cm³/mol. The van der Waals surface area contributed by atoms with Gasteiger partial charge in [0.2, 0.25) is 13.3 Å². The Morgan fingerprint density at radius 1 is 1.41 bits per heavy atom. The van der Waals surface area contributed by atoms with Crippen LogP contribution in [-0.4, -0.2) is 36.0 Å². The number of carbonyl (C=O) groups is 1. The highest BCUT2D eigenvalue weighted by Crippen LogP contribution is 2.58. The van der Waals surface area contributed by atoms with Crippen LogP contribution < -0.4 is 0 Å². The molecule has 0 heterocycles. The molecule has 0 radical (unpaired) electrons. The molecule has 1 amide bonds. The van der Waals surface area contributed by atoms with E-state index in [1.54, 1.807) is 31.8 Å². The van der Waals surface area contributed by atoms with Gasteiger partial charge in [0.15, 0.2) is 0 Å². The summed E-state index contributed by atoms with van der Waals surface area (Å²) in [6, 6.07) is 4.99. The van der Waals surface area contributed by atoms with E-state index in [0.717, 1.165) is 0 Å². The molecule has 5 nitrogen and oxygen atoms in total. The SMILES string of the molecule is CCOP(C)(=O)C(CCN(O)C(C)=O)c1ccc(Cl)c(Cl)c1. The lowest BCUT2D eigenvalue weighted by Crippen LogP contribution is -2.27. The van der Waals surface area contributed by atoms with Gasteiger partial charge in [-0.3, -0.25) is 14.6 Å². The van der Waals surface area contributed by atoms with E-state index < -0.39 is 18.9 Å². The molecule has 1 N–H and O–H groups in total. The Bertz CT molecular complexity index is 582. The molecule has 1 aromatic rings. The largest absolute Gasteiger partial charge is 0.329 e. The molecule has 0 saturated heterocycles. The lowest BCUT2D eigenvalue weighted by molar-refractivity contribution is -0.162. The maximum absolute atomic E-state index is 12.8. The molecule has 0 saturated carbocycles. The van der Waals surface area contributed by atoms with Crippen LogP contribution >= 0.6 is 30.6 Å². The van der Waals surface area contributed by atoms with E-state index >= 15 is 0 Å². The topological polar surface area (TPSA) is 66.8 Å². The predicted octanol–water partition coefficient (Wildman–Crippen LogP) is 4.61. The average molecular weight is 368 g/mol. The molecule has 22 heavy (non-hydrogen) atoms. The molecule has 0 aliphatic heterocycles. The van der Waals surface area contributed by atoms with Gasteiger partial charge in [0.25, 0.3) is 0 Å². The number of nitrogens with zero attached hydrogens (tertiary/aromatic N) is 1. The van der Waals surface area contributed by atoms with Gasteiger partial charge in [0.1, 0.15) is 0 Å². The number of halogens is 2. The fourth-order valence-electron chi connectivity index (χ4n) is 2.14. The first-order chi connectivity index (χ1) is 10.2. The van der Waals surface area contributed by atoms with E-state index in [9.17, 15) is 14.6 Å². The van der Waals surface area contributed by atoms with E-state index in [4.69, 9.17) is 27.7 Å². The van der Waals surface area contributed by atoms with Gasteiger partial charge in [0, 0.05) is 20.1 Å². The van der Waals surface area contributed by atoms with Gasteiger partial charge < -0.3 is 4.52 Å². The van der Waals surface area contributed by atoms with Crippen molar-refractivity contribution in [2.24, 2.45) is 0 Å². The second kappa shape index (κ2) is 8.32. The molecule has 2 atom stereocenters. The highest BCUT2D eigenvalue weighted by molar-refractivity contribution is 7.58. The van der Waals surface area contributed by atoms with Crippen molar-refractivity contribution >= 4 is 36.5 Å². The van der Waals surface area contributed by atoms with Gasteiger partial charge in [-0.1, -0.05) is 29.3 Å². The Balaban J connectivity index is 3.07. The molecule has 0 aliphatic carbocycles. The minimum Gasteiger partial charge on any atom is -0.329 e. The Labute approximate surface area is 140 Å². The zero-order chi connectivity index (χ0) is 16.9.